The molecule has 0 radical (unpaired) electrons. The number of hydrogen-bond acceptors (Lipinski definition) is 5. The molecule has 6 nitrogen and oxygen atoms in total. The van der Waals surface area contributed by atoms with Crippen LogP contribution in [0.15, 0.2) is 23.4 Å². The molecule has 0 bridgehead atoms. The quantitative estimate of drug-likeness (QED) is 0.794. The minimum absolute atomic E-state index is 0.0502. The lowest BCUT2D eigenvalue weighted by molar-refractivity contribution is 0.105. The molecule has 1 fully saturated rings. The summed E-state index contributed by atoms with van der Waals surface area (Å²) in [7, 11) is -3.58. The van der Waals surface area contributed by atoms with E-state index in [-0.39, 0.29) is 11.1 Å². The fraction of sp³-hybridized carbons (Fsp3) is 0.615. The first-order valence-corrected chi connectivity index (χ1v) is 8.42. The van der Waals surface area contributed by atoms with Crippen molar-refractivity contribution in [3.63, 3.8) is 0 Å². The predicted octanol–water partition coefficient (Wildman–Crippen LogP) is 1.36. The van der Waals surface area contributed by atoms with Crippen molar-refractivity contribution < 1.29 is 13.2 Å². The summed E-state index contributed by atoms with van der Waals surface area (Å²) >= 11 is 0. The summed E-state index contributed by atoms with van der Waals surface area (Å²) in [5.41, 5.74) is 0.527. The third-order valence-corrected chi connectivity index (χ3v) is 4.59. The summed E-state index contributed by atoms with van der Waals surface area (Å²) < 4.78 is 32.6. The molecule has 1 aromatic rings. The van der Waals surface area contributed by atoms with Crippen molar-refractivity contribution in [3.05, 3.63) is 18.3 Å². The van der Waals surface area contributed by atoms with Gasteiger partial charge in [-0.05, 0) is 38.3 Å². The van der Waals surface area contributed by atoms with Crippen molar-refractivity contribution in [1.29, 1.82) is 0 Å². The van der Waals surface area contributed by atoms with Gasteiger partial charge in [0.15, 0.2) is 5.03 Å². The molecule has 2 rings (SSSR count). The van der Waals surface area contributed by atoms with E-state index in [0.29, 0.717) is 25.2 Å². The van der Waals surface area contributed by atoms with Crippen molar-refractivity contribution in [1.82, 2.24) is 9.71 Å². The lowest BCUT2D eigenvalue weighted by Gasteiger charge is -2.12. The highest BCUT2D eigenvalue weighted by molar-refractivity contribution is 7.89. The van der Waals surface area contributed by atoms with Crippen molar-refractivity contribution in [2.45, 2.75) is 37.3 Å². The maximum Gasteiger partial charge on any atom is 0.260 e. The zero-order chi connectivity index (χ0) is 14.4. The van der Waals surface area contributed by atoms with Gasteiger partial charge in [-0.1, -0.05) is 0 Å². The Balaban J connectivity index is 1.98. The average Bonchev–Trinajstić information content (AvgIpc) is 2.92. The normalized spacial score (nSPS) is 19.1. The van der Waals surface area contributed by atoms with Gasteiger partial charge >= 0.3 is 0 Å². The zero-order valence-electron chi connectivity index (χ0n) is 11.6. The Hall–Kier alpha value is -1.18. The molecule has 0 aliphatic carbocycles. The lowest BCUT2D eigenvalue weighted by atomic mass is 10.2. The molecule has 1 saturated heterocycles. The van der Waals surface area contributed by atoms with Crippen LogP contribution in [0.25, 0.3) is 0 Å². The van der Waals surface area contributed by atoms with Crippen LogP contribution in [0.1, 0.15) is 26.2 Å². The summed E-state index contributed by atoms with van der Waals surface area (Å²) in [4.78, 5) is 3.98. The molecule has 0 spiro atoms. The molecule has 2 N–H and O–H groups in total. The van der Waals surface area contributed by atoms with E-state index in [4.69, 9.17) is 4.74 Å². The molecule has 0 saturated carbocycles. The smallest absolute Gasteiger partial charge is 0.260 e. The summed E-state index contributed by atoms with van der Waals surface area (Å²) in [6.07, 6.45) is 4.42. The number of anilines is 1. The lowest BCUT2D eigenvalue weighted by Crippen LogP contribution is -2.28. The van der Waals surface area contributed by atoms with Crippen LogP contribution in [0.3, 0.4) is 0 Å². The molecule has 1 unspecified atom stereocenters. The van der Waals surface area contributed by atoms with Crippen molar-refractivity contribution >= 4 is 15.7 Å². The van der Waals surface area contributed by atoms with Crippen molar-refractivity contribution in [2.24, 2.45) is 0 Å². The Morgan fingerprint density at radius 2 is 2.35 bits per heavy atom. The van der Waals surface area contributed by atoms with Crippen LogP contribution in [0, 0.1) is 0 Å². The SMILES string of the molecule is CCNc1cccnc1S(=O)(=O)NCCC1CCCO1. The van der Waals surface area contributed by atoms with Gasteiger partial charge in [-0.2, -0.15) is 0 Å². The second-order valence-corrected chi connectivity index (χ2v) is 6.39. The zero-order valence-corrected chi connectivity index (χ0v) is 12.4. The van der Waals surface area contributed by atoms with Gasteiger partial charge in [-0.15, -0.1) is 0 Å². The monoisotopic (exact) mass is 299 g/mol. The van der Waals surface area contributed by atoms with E-state index < -0.39 is 10.0 Å². The molecule has 1 aromatic heterocycles. The van der Waals surface area contributed by atoms with E-state index >= 15 is 0 Å². The molecule has 1 aliphatic rings. The Morgan fingerprint density at radius 1 is 1.50 bits per heavy atom. The summed E-state index contributed by atoms with van der Waals surface area (Å²) in [6.45, 7) is 3.70. The van der Waals surface area contributed by atoms with Crippen molar-refractivity contribution in [3.8, 4) is 0 Å². The first-order chi connectivity index (χ1) is 9.63. The van der Waals surface area contributed by atoms with Crippen LogP contribution in [0.4, 0.5) is 5.69 Å². The Kier molecular flexibility index (Phi) is 5.33. The van der Waals surface area contributed by atoms with Crippen LogP contribution in [-0.2, 0) is 14.8 Å². The number of hydrogen-bond donors (Lipinski definition) is 2. The molecular weight excluding hydrogens is 278 g/mol. The predicted molar refractivity (Wildman–Crippen MR) is 77.2 cm³/mol. The number of rotatable bonds is 7. The molecule has 1 atom stereocenters. The molecule has 20 heavy (non-hydrogen) atoms. The highest BCUT2D eigenvalue weighted by Gasteiger charge is 2.21. The highest BCUT2D eigenvalue weighted by Crippen LogP contribution is 2.18. The Morgan fingerprint density at radius 3 is 3.05 bits per heavy atom. The first-order valence-electron chi connectivity index (χ1n) is 6.93. The van der Waals surface area contributed by atoms with Gasteiger partial charge in [0.05, 0.1) is 11.8 Å². The van der Waals surface area contributed by atoms with Crippen molar-refractivity contribution in [2.75, 3.05) is 25.0 Å². The summed E-state index contributed by atoms with van der Waals surface area (Å²) in [5, 5.41) is 3.06. The number of ether oxygens (including phenoxy) is 1. The van der Waals surface area contributed by atoms with E-state index in [0.717, 1.165) is 19.4 Å². The second-order valence-electron chi connectivity index (χ2n) is 4.71. The second kappa shape index (κ2) is 7.01. The largest absolute Gasteiger partial charge is 0.383 e. The Bertz CT molecular complexity index is 527. The van der Waals surface area contributed by atoms with E-state index in [1.165, 1.54) is 6.20 Å². The van der Waals surface area contributed by atoms with Crippen LogP contribution in [0.5, 0.6) is 0 Å². The standard InChI is InChI=1S/C13H21N3O3S/c1-2-14-12-6-3-8-15-13(12)20(17,18)16-9-7-11-5-4-10-19-11/h3,6,8,11,14,16H,2,4-5,7,9-10H2,1H3. The number of pyridine rings is 1. The summed E-state index contributed by atoms with van der Waals surface area (Å²) in [6, 6.07) is 3.43. The fourth-order valence-corrected chi connectivity index (χ4v) is 3.38. The van der Waals surface area contributed by atoms with E-state index in [2.05, 4.69) is 15.0 Å². The Labute approximate surface area is 120 Å². The van der Waals surface area contributed by atoms with Gasteiger partial charge in [0, 0.05) is 25.9 Å². The average molecular weight is 299 g/mol. The molecule has 0 aromatic carbocycles. The number of sulfonamides is 1. The van der Waals surface area contributed by atoms with Crippen LogP contribution in [-0.4, -0.2) is 39.2 Å². The maximum atomic E-state index is 12.2. The molecule has 112 valence electrons. The molecule has 1 aliphatic heterocycles. The highest BCUT2D eigenvalue weighted by atomic mass is 32.2. The first kappa shape index (κ1) is 15.2. The summed E-state index contributed by atoms with van der Waals surface area (Å²) in [5.74, 6) is 0. The van der Waals surface area contributed by atoms with Gasteiger partial charge in [0.2, 0.25) is 0 Å². The van der Waals surface area contributed by atoms with Crippen LogP contribution in [0.2, 0.25) is 0 Å². The third kappa shape index (κ3) is 3.91. The van der Waals surface area contributed by atoms with Crippen LogP contribution >= 0.6 is 0 Å². The molecular formula is C13H21N3O3S. The minimum Gasteiger partial charge on any atom is -0.383 e. The van der Waals surface area contributed by atoms with Gasteiger partial charge < -0.3 is 10.1 Å². The van der Waals surface area contributed by atoms with E-state index in [1.54, 1.807) is 12.1 Å². The molecule has 7 heteroatoms. The molecule has 0 amide bonds. The minimum atomic E-state index is -3.58. The van der Waals surface area contributed by atoms with E-state index in [9.17, 15) is 8.42 Å². The van der Waals surface area contributed by atoms with Gasteiger partial charge in [0.1, 0.15) is 0 Å². The van der Waals surface area contributed by atoms with Gasteiger partial charge in [-0.25, -0.2) is 18.1 Å². The topological polar surface area (TPSA) is 80.3 Å². The van der Waals surface area contributed by atoms with Gasteiger partial charge in [0.25, 0.3) is 10.0 Å². The van der Waals surface area contributed by atoms with Gasteiger partial charge in [-0.3, -0.25) is 0 Å². The number of nitrogens with one attached hydrogen (secondary N) is 2. The molecule has 2 heterocycles. The number of nitrogens with zero attached hydrogens (tertiary/aromatic N) is 1. The van der Waals surface area contributed by atoms with Crippen LogP contribution < -0.4 is 10.0 Å². The third-order valence-electron chi connectivity index (χ3n) is 3.18. The van der Waals surface area contributed by atoms with E-state index in [1.807, 2.05) is 6.92 Å². The number of aromatic nitrogens is 1. The maximum absolute atomic E-state index is 12.2. The fourth-order valence-electron chi connectivity index (χ4n) is 2.22.